The first kappa shape index (κ1) is 13.3. The maximum Gasteiger partial charge on any atom is 0.270 e. The molecular weight excluding hydrogens is 244 g/mol. The van der Waals surface area contributed by atoms with Gasteiger partial charge in [0.25, 0.3) is 5.91 Å². The second-order valence-electron chi connectivity index (χ2n) is 4.07. The van der Waals surface area contributed by atoms with Crippen LogP contribution in [0.4, 0.5) is 0 Å². The Hall–Kier alpha value is -2.14. The number of aliphatic hydroxyl groups is 1. The van der Waals surface area contributed by atoms with Crippen molar-refractivity contribution in [2.24, 2.45) is 0 Å². The molecule has 0 bridgehead atoms. The predicted octanol–water partition coefficient (Wildman–Crippen LogP) is 1.36. The van der Waals surface area contributed by atoms with Gasteiger partial charge in [-0.3, -0.25) is 4.79 Å². The van der Waals surface area contributed by atoms with Gasteiger partial charge in [-0.2, -0.15) is 0 Å². The van der Waals surface area contributed by atoms with Crippen LogP contribution in [-0.2, 0) is 0 Å². The number of rotatable bonds is 5. The van der Waals surface area contributed by atoms with Gasteiger partial charge in [0, 0.05) is 18.5 Å². The van der Waals surface area contributed by atoms with Crippen LogP contribution >= 0.6 is 0 Å². The summed E-state index contributed by atoms with van der Waals surface area (Å²) in [4.78, 5) is 16.1. The lowest BCUT2D eigenvalue weighted by atomic mass is 10.1. The molecule has 0 aliphatic heterocycles. The van der Waals surface area contributed by atoms with Gasteiger partial charge in [-0.25, -0.2) is 4.98 Å². The number of fused-ring (bicyclic) bond motifs is 1. The fraction of sp³-hybridized carbons (Fsp3) is 0.286. The van der Waals surface area contributed by atoms with E-state index < -0.39 is 0 Å². The van der Waals surface area contributed by atoms with E-state index in [1.165, 1.54) is 7.11 Å². The van der Waals surface area contributed by atoms with Crippen LogP contribution in [0.3, 0.4) is 0 Å². The van der Waals surface area contributed by atoms with Crippen molar-refractivity contribution in [3.05, 3.63) is 36.0 Å². The number of amides is 1. The molecule has 0 aliphatic carbocycles. The van der Waals surface area contributed by atoms with E-state index in [1.54, 1.807) is 6.07 Å². The fourth-order valence-corrected chi connectivity index (χ4v) is 1.81. The summed E-state index contributed by atoms with van der Waals surface area (Å²) in [5, 5.41) is 13.2. The molecule has 0 saturated carbocycles. The van der Waals surface area contributed by atoms with Crippen LogP contribution in [0.5, 0.6) is 5.88 Å². The number of aliphatic hydroxyl groups excluding tert-OH is 1. The smallest absolute Gasteiger partial charge is 0.270 e. The molecular formula is C14H16N2O3. The van der Waals surface area contributed by atoms with Crippen LogP contribution in [0.15, 0.2) is 30.3 Å². The third-order valence-corrected chi connectivity index (χ3v) is 2.75. The van der Waals surface area contributed by atoms with Crippen LogP contribution in [0.2, 0.25) is 0 Å². The summed E-state index contributed by atoms with van der Waals surface area (Å²) in [6.45, 7) is 0.473. The molecule has 0 aliphatic rings. The topological polar surface area (TPSA) is 71.5 Å². The summed E-state index contributed by atoms with van der Waals surface area (Å²) in [5.74, 6) is 0.169. The van der Waals surface area contributed by atoms with Crippen molar-refractivity contribution in [3.8, 4) is 5.88 Å². The molecule has 0 saturated heterocycles. The minimum absolute atomic E-state index is 0.0503. The molecule has 0 fully saturated rings. The number of nitrogens with one attached hydrogen (secondary N) is 1. The first-order valence-corrected chi connectivity index (χ1v) is 6.09. The fourth-order valence-electron chi connectivity index (χ4n) is 1.81. The van der Waals surface area contributed by atoms with E-state index in [-0.39, 0.29) is 12.5 Å². The number of benzene rings is 1. The predicted molar refractivity (Wildman–Crippen MR) is 72.3 cm³/mol. The molecule has 0 atom stereocenters. The lowest BCUT2D eigenvalue weighted by molar-refractivity contribution is 0.0945. The van der Waals surface area contributed by atoms with E-state index in [2.05, 4.69) is 10.3 Å². The zero-order valence-electron chi connectivity index (χ0n) is 10.7. The third kappa shape index (κ3) is 3.00. The number of hydrogen-bond acceptors (Lipinski definition) is 4. The highest BCUT2D eigenvalue weighted by Crippen LogP contribution is 2.23. The maximum absolute atomic E-state index is 11.9. The van der Waals surface area contributed by atoms with Crippen LogP contribution in [-0.4, -0.2) is 36.3 Å². The van der Waals surface area contributed by atoms with E-state index in [9.17, 15) is 4.79 Å². The first-order valence-electron chi connectivity index (χ1n) is 6.09. The molecule has 2 N–H and O–H groups in total. The molecule has 1 amide bonds. The molecule has 1 aromatic heterocycles. The van der Waals surface area contributed by atoms with Gasteiger partial charge in [0.15, 0.2) is 0 Å². The van der Waals surface area contributed by atoms with E-state index in [0.29, 0.717) is 24.5 Å². The number of hydrogen-bond donors (Lipinski definition) is 2. The summed E-state index contributed by atoms with van der Waals surface area (Å²) >= 11 is 0. The Labute approximate surface area is 111 Å². The third-order valence-electron chi connectivity index (χ3n) is 2.75. The first-order chi connectivity index (χ1) is 9.26. The number of carbonyl (C=O) groups excluding carboxylic acids is 1. The molecule has 1 heterocycles. The molecule has 0 radical (unpaired) electrons. The molecule has 0 unspecified atom stereocenters. The normalized spacial score (nSPS) is 10.4. The minimum Gasteiger partial charge on any atom is -0.481 e. The average molecular weight is 260 g/mol. The van der Waals surface area contributed by atoms with Crippen molar-refractivity contribution in [3.63, 3.8) is 0 Å². The summed E-state index contributed by atoms with van der Waals surface area (Å²) in [6.07, 6.45) is 0.524. The highest BCUT2D eigenvalue weighted by atomic mass is 16.5. The zero-order chi connectivity index (χ0) is 13.7. The van der Waals surface area contributed by atoms with Crippen LogP contribution < -0.4 is 10.1 Å². The Morgan fingerprint density at radius 1 is 1.42 bits per heavy atom. The SMILES string of the molecule is COc1nc(C(=O)NCCCO)cc2ccccc12. The highest BCUT2D eigenvalue weighted by Gasteiger charge is 2.11. The molecule has 2 aromatic rings. The lowest BCUT2D eigenvalue weighted by Gasteiger charge is -2.08. The lowest BCUT2D eigenvalue weighted by Crippen LogP contribution is -2.26. The summed E-state index contributed by atoms with van der Waals surface area (Å²) < 4.78 is 5.21. The van der Waals surface area contributed by atoms with Crippen molar-refractivity contribution in [2.45, 2.75) is 6.42 Å². The Morgan fingerprint density at radius 3 is 2.95 bits per heavy atom. The van der Waals surface area contributed by atoms with Crippen molar-refractivity contribution in [1.82, 2.24) is 10.3 Å². The van der Waals surface area contributed by atoms with Crippen LogP contribution in [0.25, 0.3) is 10.8 Å². The number of ether oxygens (including phenoxy) is 1. The maximum atomic E-state index is 11.9. The molecule has 1 aromatic carbocycles. The number of aromatic nitrogens is 1. The van der Waals surface area contributed by atoms with Gasteiger partial charge in [-0.1, -0.05) is 18.2 Å². The van der Waals surface area contributed by atoms with Crippen molar-refractivity contribution in [1.29, 1.82) is 0 Å². The van der Waals surface area contributed by atoms with Gasteiger partial charge >= 0.3 is 0 Å². The largest absolute Gasteiger partial charge is 0.481 e. The van der Waals surface area contributed by atoms with Gasteiger partial charge < -0.3 is 15.2 Å². The number of carbonyl (C=O) groups is 1. The summed E-state index contributed by atoms with van der Waals surface area (Å²) in [5.41, 5.74) is 0.313. The molecule has 100 valence electrons. The molecule has 2 rings (SSSR count). The Bertz CT molecular complexity index is 584. The molecule has 5 heteroatoms. The quantitative estimate of drug-likeness (QED) is 0.796. The number of nitrogens with zero attached hydrogens (tertiary/aromatic N) is 1. The van der Waals surface area contributed by atoms with Crippen molar-refractivity contribution in [2.75, 3.05) is 20.3 Å². The number of methoxy groups -OCH3 is 1. The van der Waals surface area contributed by atoms with Gasteiger partial charge in [0.1, 0.15) is 5.69 Å². The van der Waals surface area contributed by atoms with Crippen molar-refractivity contribution >= 4 is 16.7 Å². The Morgan fingerprint density at radius 2 is 2.21 bits per heavy atom. The Balaban J connectivity index is 2.31. The average Bonchev–Trinajstić information content (AvgIpc) is 2.46. The van der Waals surface area contributed by atoms with Gasteiger partial charge in [0.2, 0.25) is 5.88 Å². The standard InChI is InChI=1S/C14H16N2O3/c1-19-14-11-6-3-2-5-10(11)9-12(16-14)13(18)15-7-4-8-17/h2-3,5-6,9,17H,4,7-8H2,1H3,(H,15,18). The number of pyridine rings is 1. The summed E-state index contributed by atoms with van der Waals surface area (Å²) in [6, 6.07) is 9.33. The molecule has 19 heavy (non-hydrogen) atoms. The van der Waals surface area contributed by atoms with Gasteiger partial charge in [-0.15, -0.1) is 0 Å². The van der Waals surface area contributed by atoms with Crippen LogP contribution in [0, 0.1) is 0 Å². The Kier molecular flexibility index (Phi) is 4.30. The van der Waals surface area contributed by atoms with E-state index in [4.69, 9.17) is 9.84 Å². The summed E-state index contributed by atoms with van der Waals surface area (Å²) in [7, 11) is 1.53. The van der Waals surface area contributed by atoms with E-state index in [1.807, 2.05) is 24.3 Å². The molecule has 0 spiro atoms. The monoisotopic (exact) mass is 260 g/mol. The molecule has 5 nitrogen and oxygen atoms in total. The zero-order valence-corrected chi connectivity index (χ0v) is 10.7. The van der Waals surface area contributed by atoms with Crippen LogP contribution in [0.1, 0.15) is 16.9 Å². The second kappa shape index (κ2) is 6.15. The van der Waals surface area contributed by atoms with Crippen molar-refractivity contribution < 1.29 is 14.6 Å². The highest BCUT2D eigenvalue weighted by molar-refractivity contribution is 5.98. The second-order valence-corrected chi connectivity index (χ2v) is 4.07. The van der Waals surface area contributed by atoms with E-state index in [0.717, 1.165) is 10.8 Å². The minimum atomic E-state index is -0.266. The van der Waals surface area contributed by atoms with Gasteiger partial charge in [0.05, 0.1) is 7.11 Å². The van der Waals surface area contributed by atoms with E-state index >= 15 is 0 Å². The van der Waals surface area contributed by atoms with Gasteiger partial charge in [-0.05, 0) is 23.9 Å².